The Morgan fingerprint density at radius 1 is 1.50 bits per heavy atom. The molecule has 0 bridgehead atoms. The van der Waals surface area contributed by atoms with E-state index in [2.05, 4.69) is 10.6 Å². The summed E-state index contributed by atoms with van der Waals surface area (Å²) in [5, 5.41) is 5.69. The van der Waals surface area contributed by atoms with Crippen molar-refractivity contribution in [2.45, 2.75) is 19.8 Å². The Morgan fingerprint density at radius 2 is 2.35 bits per heavy atom. The summed E-state index contributed by atoms with van der Waals surface area (Å²) in [6.45, 7) is 4.19. The highest BCUT2D eigenvalue weighted by molar-refractivity contribution is 5.89. The summed E-state index contributed by atoms with van der Waals surface area (Å²) >= 11 is 0. The van der Waals surface area contributed by atoms with Gasteiger partial charge in [-0.3, -0.25) is 0 Å². The SMILES string of the molecule is COc1cc(NC(=O)NC[C@H]2CCCOC2)ccc1C. The number of hydrogen-bond acceptors (Lipinski definition) is 3. The molecule has 1 aromatic rings. The van der Waals surface area contributed by atoms with Gasteiger partial charge in [0.1, 0.15) is 5.75 Å². The number of hydrogen-bond donors (Lipinski definition) is 2. The zero-order chi connectivity index (χ0) is 14.4. The molecule has 0 radical (unpaired) electrons. The number of amides is 2. The van der Waals surface area contributed by atoms with Crippen LogP contribution in [0.3, 0.4) is 0 Å². The minimum Gasteiger partial charge on any atom is -0.496 e. The highest BCUT2D eigenvalue weighted by Gasteiger charge is 2.14. The molecule has 110 valence electrons. The summed E-state index contributed by atoms with van der Waals surface area (Å²) < 4.78 is 10.6. The van der Waals surface area contributed by atoms with Crippen LogP contribution in [0.4, 0.5) is 10.5 Å². The summed E-state index contributed by atoms with van der Waals surface area (Å²) in [6.07, 6.45) is 2.18. The van der Waals surface area contributed by atoms with E-state index in [-0.39, 0.29) is 6.03 Å². The average molecular weight is 278 g/mol. The normalized spacial score (nSPS) is 18.4. The van der Waals surface area contributed by atoms with E-state index in [9.17, 15) is 4.79 Å². The van der Waals surface area contributed by atoms with Crippen LogP contribution in [-0.4, -0.2) is 32.9 Å². The molecule has 1 fully saturated rings. The molecule has 0 unspecified atom stereocenters. The summed E-state index contributed by atoms with van der Waals surface area (Å²) in [7, 11) is 1.62. The Labute approximate surface area is 119 Å². The van der Waals surface area contributed by atoms with Gasteiger partial charge in [0.15, 0.2) is 0 Å². The van der Waals surface area contributed by atoms with Crippen LogP contribution < -0.4 is 15.4 Å². The fraction of sp³-hybridized carbons (Fsp3) is 0.533. The van der Waals surface area contributed by atoms with Gasteiger partial charge in [-0.1, -0.05) is 6.07 Å². The molecular weight excluding hydrogens is 256 g/mol. The molecule has 0 spiro atoms. The molecule has 1 aliphatic heterocycles. The fourth-order valence-corrected chi connectivity index (χ4v) is 2.28. The van der Waals surface area contributed by atoms with Crippen molar-refractivity contribution in [3.05, 3.63) is 23.8 Å². The molecule has 1 atom stereocenters. The first-order chi connectivity index (χ1) is 9.69. The number of anilines is 1. The second-order valence-electron chi connectivity index (χ2n) is 5.10. The van der Waals surface area contributed by atoms with Crippen molar-refractivity contribution in [3.8, 4) is 5.75 Å². The number of rotatable bonds is 4. The minimum absolute atomic E-state index is 0.193. The first-order valence-electron chi connectivity index (χ1n) is 6.96. The number of ether oxygens (including phenoxy) is 2. The molecule has 1 saturated heterocycles. The van der Waals surface area contributed by atoms with Crippen molar-refractivity contribution in [1.29, 1.82) is 0 Å². The van der Waals surface area contributed by atoms with Crippen molar-refractivity contribution < 1.29 is 14.3 Å². The maximum absolute atomic E-state index is 11.8. The third-order valence-corrected chi connectivity index (χ3v) is 3.47. The molecule has 5 heteroatoms. The first-order valence-corrected chi connectivity index (χ1v) is 6.96. The number of nitrogens with one attached hydrogen (secondary N) is 2. The topological polar surface area (TPSA) is 59.6 Å². The van der Waals surface area contributed by atoms with Crippen LogP contribution in [0.25, 0.3) is 0 Å². The maximum atomic E-state index is 11.8. The number of carbonyl (C=O) groups is 1. The predicted octanol–water partition coefficient (Wildman–Crippen LogP) is 2.55. The summed E-state index contributed by atoms with van der Waals surface area (Å²) in [4.78, 5) is 11.8. The fourth-order valence-electron chi connectivity index (χ4n) is 2.28. The minimum atomic E-state index is -0.193. The maximum Gasteiger partial charge on any atom is 0.319 e. The Bertz CT molecular complexity index is 456. The van der Waals surface area contributed by atoms with Crippen LogP contribution in [-0.2, 0) is 4.74 Å². The molecule has 0 saturated carbocycles. The van der Waals surface area contributed by atoms with Crippen LogP contribution in [0.2, 0.25) is 0 Å². The third-order valence-electron chi connectivity index (χ3n) is 3.47. The zero-order valence-corrected chi connectivity index (χ0v) is 12.1. The molecule has 0 aliphatic carbocycles. The molecule has 1 aromatic carbocycles. The lowest BCUT2D eigenvalue weighted by atomic mass is 10.0. The van der Waals surface area contributed by atoms with E-state index in [0.29, 0.717) is 12.5 Å². The van der Waals surface area contributed by atoms with Crippen LogP contribution in [0.5, 0.6) is 5.75 Å². The second-order valence-corrected chi connectivity index (χ2v) is 5.10. The highest BCUT2D eigenvalue weighted by Crippen LogP contribution is 2.22. The van der Waals surface area contributed by atoms with E-state index >= 15 is 0 Å². The number of urea groups is 1. The lowest BCUT2D eigenvalue weighted by molar-refractivity contribution is 0.0559. The van der Waals surface area contributed by atoms with Crippen LogP contribution in [0.15, 0.2) is 18.2 Å². The number of carbonyl (C=O) groups excluding carboxylic acids is 1. The van der Waals surface area contributed by atoms with Gasteiger partial charge in [-0.15, -0.1) is 0 Å². The van der Waals surface area contributed by atoms with E-state index in [1.165, 1.54) is 0 Å². The Hall–Kier alpha value is -1.75. The second kappa shape index (κ2) is 7.14. The zero-order valence-electron chi connectivity index (χ0n) is 12.1. The molecule has 2 amide bonds. The van der Waals surface area contributed by atoms with E-state index in [1.807, 2.05) is 25.1 Å². The number of benzene rings is 1. The monoisotopic (exact) mass is 278 g/mol. The van der Waals surface area contributed by atoms with Crippen LogP contribution in [0.1, 0.15) is 18.4 Å². The van der Waals surface area contributed by atoms with Gasteiger partial charge in [0.05, 0.1) is 13.7 Å². The summed E-state index contributed by atoms with van der Waals surface area (Å²) in [6, 6.07) is 5.41. The number of methoxy groups -OCH3 is 1. The molecule has 5 nitrogen and oxygen atoms in total. The van der Waals surface area contributed by atoms with Gasteiger partial charge in [-0.2, -0.15) is 0 Å². The van der Waals surface area contributed by atoms with Gasteiger partial charge >= 0.3 is 6.03 Å². The number of aryl methyl sites for hydroxylation is 1. The van der Waals surface area contributed by atoms with Crippen molar-refractivity contribution in [3.63, 3.8) is 0 Å². The van der Waals surface area contributed by atoms with Gasteiger partial charge in [0.25, 0.3) is 0 Å². The molecule has 1 heterocycles. The standard InChI is InChI=1S/C15H22N2O3/c1-11-5-6-13(8-14(11)19-2)17-15(18)16-9-12-4-3-7-20-10-12/h5-6,8,12H,3-4,7,9-10H2,1-2H3,(H2,16,17,18)/t12-/m1/s1. The van der Waals surface area contributed by atoms with Gasteiger partial charge in [0, 0.05) is 24.9 Å². The van der Waals surface area contributed by atoms with E-state index in [0.717, 1.165) is 43.1 Å². The van der Waals surface area contributed by atoms with E-state index in [1.54, 1.807) is 7.11 Å². The average Bonchev–Trinajstić information content (AvgIpc) is 2.48. The first kappa shape index (κ1) is 14.7. The quantitative estimate of drug-likeness (QED) is 0.890. The molecule has 20 heavy (non-hydrogen) atoms. The summed E-state index contributed by atoms with van der Waals surface area (Å²) in [5.74, 6) is 1.19. The van der Waals surface area contributed by atoms with Gasteiger partial charge in [0.2, 0.25) is 0 Å². The molecule has 0 aromatic heterocycles. The Balaban J connectivity index is 1.81. The van der Waals surface area contributed by atoms with Gasteiger partial charge < -0.3 is 20.1 Å². The third kappa shape index (κ3) is 4.13. The van der Waals surface area contributed by atoms with Gasteiger partial charge in [-0.05, 0) is 37.3 Å². The van der Waals surface area contributed by atoms with Crippen molar-refractivity contribution in [2.24, 2.45) is 5.92 Å². The highest BCUT2D eigenvalue weighted by atomic mass is 16.5. The predicted molar refractivity (Wildman–Crippen MR) is 78.3 cm³/mol. The largest absolute Gasteiger partial charge is 0.496 e. The van der Waals surface area contributed by atoms with Crippen LogP contribution >= 0.6 is 0 Å². The Morgan fingerprint density at radius 3 is 3.05 bits per heavy atom. The Kier molecular flexibility index (Phi) is 5.24. The molecule has 2 N–H and O–H groups in total. The van der Waals surface area contributed by atoms with Gasteiger partial charge in [-0.25, -0.2) is 4.79 Å². The lowest BCUT2D eigenvalue weighted by Gasteiger charge is -2.22. The van der Waals surface area contributed by atoms with Crippen molar-refractivity contribution in [2.75, 3.05) is 32.2 Å². The molecular formula is C15H22N2O3. The van der Waals surface area contributed by atoms with E-state index in [4.69, 9.17) is 9.47 Å². The van der Waals surface area contributed by atoms with Crippen molar-refractivity contribution >= 4 is 11.7 Å². The summed E-state index contributed by atoms with van der Waals surface area (Å²) in [5.41, 5.74) is 1.77. The lowest BCUT2D eigenvalue weighted by Crippen LogP contribution is -2.35. The van der Waals surface area contributed by atoms with E-state index < -0.39 is 0 Å². The van der Waals surface area contributed by atoms with Crippen molar-refractivity contribution in [1.82, 2.24) is 5.32 Å². The smallest absolute Gasteiger partial charge is 0.319 e. The molecule has 2 rings (SSSR count). The van der Waals surface area contributed by atoms with Crippen LogP contribution in [0, 0.1) is 12.8 Å². The molecule has 1 aliphatic rings.